The van der Waals surface area contributed by atoms with Crippen LogP contribution < -0.4 is 0 Å². The summed E-state index contributed by atoms with van der Waals surface area (Å²) in [6, 6.07) is 5.91. The van der Waals surface area contributed by atoms with Gasteiger partial charge in [-0.2, -0.15) is 10.2 Å². The van der Waals surface area contributed by atoms with E-state index in [9.17, 15) is 0 Å². The minimum atomic E-state index is 0.378. The third-order valence-electron chi connectivity index (χ3n) is 3.19. The van der Waals surface area contributed by atoms with Crippen molar-refractivity contribution in [1.82, 2.24) is 4.98 Å². The van der Waals surface area contributed by atoms with Gasteiger partial charge in [0, 0.05) is 18.3 Å². The summed E-state index contributed by atoms with van der Waals surface area (Å²) in [5, 5.41) is 8.61. The molecule has 0 saturated carbocycles. The summed E-state index contributed by atoms with van der Waals surface area (Å²) in [5.74, 6) is 0.650. The van der Waals surface area contributed by atoms with E-state index in [4.69, 9.17) is 0 Å². The predicted octanol–water partition coefficient (Wildman–Crippen LogP) is 4.09. The first-order chi connectivity index (χ1) is 8.94. The smallest absolute Gasteiger partial charge is 0.0943 e. The number of aromatic nitrogens is 1. The van der Waals surface area contributed by atoms with Crippen molar-refractivity contribution in [3.63, 3.8) is 0 Å². The van der Waals surface area contributed by atoms with Crippen molar-refractivity contribution < 1.29 is 0 Å². The van der Waals surface area contributed by atoms with E-state index in [2.05, 4.69) is 42.9 Å². The maximum absolute atomic E-state index is 4.33. The molecule has 0 saturated heterocycles. The van der Waals surface area contributed by atoms with Crippen LogP contribution >= 0.6 is 0 Å². The molecule has 0 spiro atoms. The van der Waals surface area contributed by atoms with Crippen LogP contribution in [0, 0.1) is 11.3 Å². The van der Waals surface area contributed by atoms with Crippen molar-refractivity contribution in [2.45, 2.75) is 47.0 Å². The summed E-state index contributed by atoms with van der Waals surface area (Å²) < 4.78 is 0. The van der Waals surface area contributed by atoms with E-state index in [-0.39, 0.29) is 0 Å². The van der Waals surface area contributed by atoms with Crippen LogP contribution in [0.15, 0.2) is 34.6 Å². The van der Waals surface area contributed by atoms with Gasteiger partial charge in [-0.3, -0.25) is 4.98 Å². The van der Waals surface area contributed by atoms with Gasteiger partial charge in [-0.15, -0.1) is 0 Å². The highest BCUT2D eigenvalue weighted by molar-refractivity contribution is 6.14. The lowest BCUT2D eigenvalue weighted by molar-refractivity contribution is 0.311. The van der Waals surface area contributed by atoms with E-state index in [1.807, 2.05) is 18.2 Å². The first-order valence-corrected chi connectivity index (χ1v) is 6.98. The Hall–Kier alpha value is -1.51. The Balaban J connectivity index is 1.88. The molecule has 1 unspecified atom stereocenters. The van der Waals surface area contributed by atoms with Crippen molar-refractivity contribution in [3.8, 4) is 0 Å². The van der Waals surface area contributed by atoms with E-state index >= 15 is 0 Å². The van der Waals surface area contributed by atoms with Crippen molar-refractivity contribution in [2.75, 3.05) is 0 Å². The number of rotatable bonds is 4. The maximum atomic E-state index is 4.33. The normalized spacial score (nSPS) is 17.1. The van der Waals surface area contributed by atoms with E-state index < -0.39 is 0 Å². The number of hydrogen-bond acceptors (Lipinski definition) is 3. The van der Waals surface area contributed by atoms with Gasteiger partial charge in [0.2, 0.25) is 0 Å². The summed E-state index contributed by atoms with van der Waals surface area (Å²) in [7, 11) is 0. The summed E-state index contributed by atoms with van der Waals surface area (Å²) in [6.07, 6.45) is 4.91. The summed E-state index contributed by atoms with van der Waals surface area (Å²) in [5.41, 5.74) is 3.52. The van der Waals surface area contributed by atoms with Crippen molar-refractivity contribution in [2.24, 2.45) is 21.5 Å². The summed E-state index contributed by atoms with van der Waals surface area (Å²) in [6.45, 7) is 9.16. The van der Waals surface area contributed by atoms with Crippen LogP contribution in [0.3, 0.4) is 0 Å². The molecule has 0 radical (unpaired) electrons. The van der Waals surface area contributed by atoms with E-state index in [1.165, 1.54) is 12.1 Å². The minimum absolute atomic E-state index is 0.378. The Bertz CT molecular complexity index is 480. The van der Waals surface area contributed by atoms with Gasteiger partial charge in [0.05, 0.1) is 11.4 Å². The number of pyridine rings is 1. The van der Waals surface area contributed by atoms with Gasteiger partial charge in [0.15, 0.2) is 0 Å². The first kappa shape index (κ1) is 13.9. The minimum Gasteiger partial charge on any atom is -0.255 e. The average Bonchev–Trinajstić information content (AvgIpc) is 2.76. The largest absolute Gasteiger partial charge is 0.255 e. The van der Waals surface area contributed by atoms with Crippen LogP contribution in [0.25, 0.3) is 0 Å². The van der Waals surface area contributed by atoms with Crippen molar-refractivity contribution >= 4 is 11.4 Å². The lowest BCUT2D eigenvalue weighted by Crippen LogP contribution is -2.15. The maximum Gasteiger partial charge on any atom is 0.0943 e. The van der Waals surface area contributed by atoms with Gasteiger partial charge in [-0.05, 0) is 36.3 Å². The molecule has 2 rings (SSSR count). The Labute approximate surface area is 115 Å². The fourth-order valence-corrected chi connectivity index (χ4v) is 2.70. The summed E-state index contributed by atoms with van der Waals surface area (Å²) >= 11 is 0. The van der Waals surface area contributed by atoms with E-state index in [0.717, 1.165) is 24.2 Å². The monoisotopic (exact) mass is 257 g/mol. The highest BCUT2D eigenvalue weighted by Gasteiger charge is 2.20. The van der Waals surface area contributed by atoms with Crippen LogP contribution in [0.5, 0.6) is 0 Å². The van der Waals surface area contributed by atoms with E-state index in [1.54, 1.807) is 6.20 Å². The number of hydrogen-bond donors (Lipinski definition) is 0. The second-order valence-corrected chi connectivity index (χ2v) is 6.68. The molecule has 0 N–H and O–H groups in total. The molecule has 1 atom stereocenters. The molecule has 1 aliphatic heterocycles. The van der Waals surface area contributed by atoms with Gasteiger partial charge < -0.3 is 0 Å². The quantitative estimate of drug-likeness (QED) is 0.800. The predicted molar refractivity (Wildman–Crippen MR) is 80.7 cm³/mol. The SMILES string of the molecule is CC(CC1=NN=C(c2ccccn2)C1)CC(C)(C)C. The molecule has 3 heteroatoms. The van der Waals surface area contributed by atoms with Crippen molar-refractivity contribution in [3.05, 3.63) is 30.1 Å². The van der Waals surface area contributed by atoms with Crippen LogP contribution in [-0.2, 0) is 0 Å². The molecule has 1 aromatic rings. The second-order valence-electron chi connectivity index (χ2n) is 6.68. The van der Waals surface area contributed by atoms with Gasteiger partial charge >= 0.3 is 0 Å². The van der Waals surface area contributed by atoms with Gasteiger partial charge in [-0.25, -0.2) is 0 Å². The topological polar surface area (TPSA) is 37.6 Å². The molecule has 0 fully saturated rings. The molecule has 0 aromatic carbocycles. The molecule has 1 aromatic heterocycles. The molecular weight excluding hydrogens is 234 g/mol. The highest BCUT2D eigenvalue weighted by atomic mass is 15.2. The Morgan fingerprint density at radius 3 is 2.63 bits per heavy atom. The molecule has 102 valence electrons. The third kappa shape index (κ3) is 4.27. The molecule has 0 bridgehead atoms. The van der Waals surface area contributed by atoms with Crippen molar-refractivity contribution in [1.29, 1.82) is 0 Å². The lowest BCUT2D eigenvalue weighted by atomic mass is 9.83. The standard InChI is InChI=1S/C16H23N3/c1-12(11-16(2,3)4)9-13-10-15(19-18-13)14-7-5-6-8-17-14/h5-8,12H,9-11H2,1-4H3. The zero-order chi connectivity index (χ0) is 13.9. The lowest BCUT2D eigenvalue weighted by Gasteiger charge is -2.23. The molecule has 0 amide bonds. The van der Waals surface area contributed by atoms with E-state index in [0.29, 0.717) is 11.3 Å². The zero-order valence-corrected chi connectivity index (χ0v) is 12.3. The van der Waals surface area contributed by atoms with Crippen LogP contribution in [0.1, 0.15) is 52.7 Å². The third-order valence-corrected chi connectivity index (χ3v) is 3.19. The molecule has 1 aliphatic rings. The Morgan fingerprint density at radius 1 is 1.21 bits per heavy atom. The molecule has 3 nitrogen and oxygen atoms in total. The van der Waals surface area contributed by atoms with Crippen LogP contribution in [0.4, 0.5) is 0 Å². The fourth-order valence-electron chi connectivity index (χ4n) is 2.70. The molecule has 2 heterocycles. The highest BCUT2D eigenvalue weighted by Crippen LogP contribution is 2.27. The fraction of sp³-hybridized carbons (Fsp3) is 0.562. The van der Waals surface area contributed by atoms with Gasteiger partial charge in [0.1, 0.15) is 0 Å². The first-order valence-electron chi connectivity index (χ1n) is 6.98. The summed E-state index contributed by atoms with van der Waals surface area (Å²) in [4.78, 5) is 4.33. The molecule has 19 heavy (non-hydrogen) atoms. The zero-order valence-electron chi connectivity index (χ0n) is 12.3. The second kappa shape index (κ2) is 5.64. The van der Waals surface area contributed by atoms with Crippen LogP contribution in [0.2, 0.25) is 0 Å². The Morgan fingerprint density at radius 2 is 2.00 bits per heavy atom. The molecular formula is C16H23N3. The van der Waals surface area contributed by atoms with Crippen LogP contribution in [-0.4, -0.2) is 16.4 Å². The van der Waals surface area contributed by atoms with Gasteiger partial charge in [0.25, 0.3) is 0 Å². The average molecular weight is 257 g/mol. The molecule has 0 aliphatic carbocycles. The van der Waals surface area contributed by atoms with Gasteiger partial charge in [-0.1, -0.05) is 33.8 Å². The Kier molecular flexibility index (Phi) is 4.13. The number of nitrogens with zero attached hydrogens (tertiary/aromatic N) is 3.